The van der Waals surface area contributed by atoms with Crippen LogP contribution in [0.4, 0.5) is 0 Å². The quantitative estimate of drug-likeness (QED) is 0.539. The highest BCUT2D eigenvalue weighted by atomic mass is 16.2. The molecule has 30 heavy (non-hydrogen) atoms. The van der Waals surface area contributed by atoms with E-state index in [4.69, 9.17) is 5.73 Å². The van der Waals surface area contributed by atoms with E-state index in [1.807, 2.05) is 81.4 Å². The van der Waals surface area contributed by atoms with E-state index in [2.05, 4.69) is 17.6 Å². The van der Waals surface area contributed by atoms with Crippen molar-refractivity contribution in [3.63, 3.8) is 0 Å². The molecule has 2 aromatic rings. The van der Waals surface area contributed by atoms with Gasteiger partial charge < -0.3 is 26.6 Å². The lowest BCUT2D eigenvalue weighted by molar-refractivity contribution is -0.122. The zero-order chi connectivity index (χ0) is 21.9. The lowest BCUT2D eigenvalue weighted by Gasteiger charge is -2.13. The second-order valence-corrected chi connectivity index (χ2v) is 6.37. The fourth-order valence-electron chi connectivity index (χ4n) is 2.33. The number of aldehydes is 1. The van der Waals surface area contributed by atoms with Gasteiger partial charge in [-0.2, -0.15) is 0 Å². The zero-order valence-corrected chi connectivity index (χ0v) is 18.7. The third kappa shape index (κ3) is 14.5. The number of carbonyl (C=O) groups is 2. The van der Waals surface area contributed by atoms with Gasteiger partial charge in [-0.05, 0) is 37.4 Å². The van der Waals surface area contributed by atoms with E-state index in [9.17, 15) is 9.59 Å². The van der Waals surface area contributed by atoms with Crippen molar-refractivity contribution < 1.29 is 17.9 Å². The van der Waals surface area contributed by atoms with E-state index in [1.54, 1.807) is 0 Å². The van der Waals surface area contributed by atoms with E-state index in [0.29, 0.717) is 13.0 Å². The summed E-state index contributed by atoms with van der Waals surface area (Å²) in [4.78, 5) is 21.8. The van der Waals surface area contributed by atoms with E-state index < -0.39 is 0 Å². The summed E-state index contributed by atoms with van der Waals surface area (Å²) in [6.07, 6.45) is 2.44. The molecule has 2 atom stereocenters. The number of benzene rings is 2. The first-order chi connectivity index (χ1) is 14.1. The number of hydrogen-bond donors (Lipinski definition) is 3. The molecule has 0 fully saturated rings. The lowest BCUT2D eigenvalue weighted by Crippen LogP contribution is -2.42. The van der Waals surface area contributed by atoms with Crippen LogP contribution < -0.4 is 16.4 Å². The summed E-state index contributed by atoms with van der Waals surface area (Å²) in [5, 5.41) is 6.06. The van der Waals surface area contributed by atoms with Crippen LogP contribution in [0.15, 0.2) is 60.7 Å². The molecule has 0 spiro atoms. The maximum Gasteiger partial charge on any atom is 0.237 e. The van der Waals surface area contributed by atoms with Crippen molar-refractivity contribution in [1.82, 2.24) is 10.6 Å². The number of hydrogen-bond acceptors (Lipinski definition) is 4. The number of rotatable bonds is 9. The van der Waals surface area contributed by atoms with Crippen molar-refractivity contribution in [2.24, 2.45) is 5.73 Å². The SMILES string of the molecule is CC.CCCNC(C)C(=O)NCc1ccccc1.NC(C=O)Cc1ccccc1.O.[HH].[HH]. The van der Waals surface area contributed by atoms with Crippen LogP contribution in [-0.4, -0.2) is 36.3 Å². The predicted octanol–water partition coefficient (Wildman–Crippen LogP) is 3.14. The third-order valence-corrected chi connectivity index (χ3v) is 3.89. The smallest absolute Gasteiger partial charge is 0.237 e. The van der Waals surface area contributed by atoms with Crippen LogP contribution in [0.25, 0.3) is 0 Å². The second-order valence-electron chi connectivity index (χ2n) is 6.37. The Morgan fingerprint density at radius 2 is 1.53 bits per heavy atom. The number of amides is 1. The van der Waals surface area contributed by atoms with Crippen LogP contribution in [0.2, 0.25) is 0 Å². The second kappa shape index (κ2) is 19.8. The predicted molar refractivity (Wildman–Crippen MR) is 129 cm³/mol. The van der Waals surface area contributed by atoms with Crippen molar-refractivity contribution in [1.29, 1.82) is 0 Å². The van der Waals surface area contributed by atoms with Crippen molar-refractivity contribution in [2.75, 3.05) is 6.54 Å². The van der Waals surface area contributed by atoms with Gasteiger partial charge in [0.15, 0.2) is 0 Å². The Balaban J connectivity index is -0.000000218. The molecule has 0 aliphatic carbocycles. The molecule has 0 radical (unpaired) electrons. The Labute approximate surface area is 184 Å². The van der Waals surface area contributed by atoms with Gasteiger partial charge in [0.05, 0.1) is 12.1 Å². The summed E-state index contributed by atoms with van der Waals surface area (Å²) in [5.41, 5.74) is 7.66. The fourth-order valence-corrected chi connectivity index (χ4v) is 2.33. The third-order valence-electron chi connectivity index (χ3n) is 3.89. The molecule has 6 nitrogen and oxygen atoms in total. The molecule has 172 valence electrons. The Morgan fingerprint density at radius 3 is 2.00 bits per heavy atom. The molecule has 2 aromatic carbocycles. The first kappa shape index (κ1) is 29.7. The molecule has 2 rings (SSSR count). The van der Waals surface area contributed by atoms with Crippen LogP contribution in [0.5, 0.6) is 0 Å². The van der Waals surface area contributed by atoms with Crippen LogP contribution in [0.3, 0.4) is 0 Å². The summed E-state index contributed by atoms with van der Waals surface area (Å²) >= 11 is 0. The van der Waals surface area contributed by atoms with Crippen molar-refractivity contribution in [3.8, 4) is 0 Å². The summed E-state index contributed by atoms with van der Waals surface area (Å²) in [7, 11) is 0. The molecule has 0 aliphatic heterocycles. The molecular weight excluding hydrogens is 378 g/mol. The topological polar surface area (TPSA) is 116 Å². The molecular formula is C24H43N3O3. The van der Waals surface area contributed by atoms with Gasteiger partial charge in [0.2, 0.25) is 5.91 Å². The minimum absolute atomic E-state index is 0. The molecule has 0 aromatic heterocycles. The van der Waals surface area contributed by atoms with Crippen LogP contribution in [0.1, 0.15) is 48.1 Å². The molecule has 0 aliphatic rings. The molecule has 0 saturated carbocycles. The van der Waals surface area contributed by atoms with Gasteiger partial charge >= 0.3 is 0 Å². The Bertz CT molecular complexity index is 662. The average molecular weight is 422 g/mol. The largest absolute Gasteiger partial charge is 0.412 e. The zero-order valence-electron chi connectivity index (χ0n) is 18.7. The van der Waals surface area contributed by atoms with Gasteiger partial charge in [-0.3, -0.25) is 4.79 Å². The maximum atomic E-state index is 11.6. The number of nitrogens with one attached hydrogen (secondary N) is 2. The van der Waals surface area contributed by atoms with E-state index in [-0.39, 0.29) is 26.3 Å². The van der Waals surface area contributed by atoms with Crippen molar-refractivity contribution in [3.05, 3.63) is 71.8 Å². The average Bonchev–Trinajstić information content (AvgIpc) is 2.78. The highest BCUT2D eigenvalue weighted by Gasteiger charge is 2.10. The lowest BCUT2D eigenvalue weighted by atomic mass is 10.1. The van der Waals surface area contributed by atoms with Gasteiger partial charge in [-0.1, -0.05) is 81.4 Å². The fraction of sp³-hybridized carbons (Fsp3) is 0.417. The molecule has 1 amide bonds. The Hall–Kier alpha value is -2.54. The highest BCUT2D eigenvalue weighted by molar-refractivity contribution is 5.81. The van der Waals surface area contributed by atoms with Crippen LogP contribution in [-0.2, 0) is 22.6 Å². The minimum atomic E-state index is -0.364. The monoisotopic (exact) mass is 421 g/mol. The highest BCUT2D eigenvalue weighted by Crippen LogP contribution is 2.00. The molecule has 0 heterocycles. The summed E-state index contributed by atoms with van der Waals surface area (Å²) in [5.74, 6) is 0.0531. The van der Waals surface area contributed by atoms with E-state index in [1.165, 1.54) is 0 Å². The first-order valence-corrected chi connectivity index (χ1v) is 10.4. The molecule has 0 bridgehead atoms. The van der Waals surface area contributed by atoms with Gasteiger partial charge in [0.25, 0.3) is 0 Å². The molecule has 6 heteroatoms. The van der Waals surface area contributed by atoms with Crippen molar-refractivity contribution >= 4 is 12.2 Å². The minimum Gasteiger partial charge on any atom is -0.412 e. The molecule has 6 N–H and O–H groups in total. The van der Waals surface area contributed by atoms with Gasteiger partial charge in [-0.25, -0.2) is 0 Å². The summed E-state index contributed by atoms with van der Waals surface area (Å²) < 4.78 is 0. The Kier molecular flexibility index (Phi) is 19.5. The number of nitrogens with two attached hydrogens (primary N) is 1. The van der Waals surface area contributed by atoms with Gasteiger partial charge in [0.1, 0.15) is 6.29 Å². The summed E-state index contributed by atoms with van der Waals surface area (Å²) in [6.45, 7) is 9.44. The molecule has 2 unspecified atom stereocenters. The normalized spacial score (nSPS) is 11.2. The first-order valence-electron chi connectivity index (χ1n) is 10.4. The van der Waals surface area contributed by atoms with E-state index >= 15 is 0 Å². The van der Waals surface area contributed by atoms with Gasteiger partial charge in [-0.15, -0.1) is 0 Å². The summed E-state index contributed by atoms with van der Waals surface area (Å²) in [6, 6.07) is 19.2. The van der Waals surface area contributed by atoms with E-state index in [0.717, 1.165) is 30.4 Å². The van der Waals surface area contributed by atoms with Crippen LogP contribution in [0, 0.1) is 0 Å². The van der Waals surface area contributed by atoms with Crippen LogP contribution >= 0.6 is 0 Å². The standard InChI is InChI=1S/C13H20N2O.C9H11NO.C2H6.H2O.2H2/c1-3-9-14-11(2)13(16)15-10-12-7-5-4-6-8-12;10-9(7-11)6-8-4-2-1-3-5-8;1-2;;;/h4-8,11,14H,3,9-10H2,1-2H3,(H,15,16);1-5,7,9H,6,10H2;1-2H3;1H2;2*1H. The van der Waals surface area contributed by atoms with Crippen molar-refractivity contribution in [2.45, 2.75) is 59.2 Å². The maximum absolute atomic E-state index is 11.6. The molecule has 0 saturated heterocycles. The Morgan fingerprint density at radius 1 is 1.03 bits per heavy atom. The number of carbonyl (C=O) groups excluding carboxylic acids is 2. The van der Waals surface area contributed by atoms with Gasteiger partial charge in [0, 0.05) is 9.40 Å².